The number of hydrogen-bond acceptors (Lipinski definition) is 5. The summed E-state index contributed by atoms with van der Waals surface area (Å²) in [4.78, 5) is 12.7. The molecule has 23 heavy (non-hydrogen) atoms. The molecule has 1 saturated heterocycles. The topological polar surface area (TPSA) is 33.5 Å². The van der Waals surface area contributed by atoms with E-state index in [1.54, 1.807) is 0 Å². The Labute approximate surface area is 141 Å². The lowest BCUT2D eigenvalue weighted by atomic mass is 10.3. The first-order valence-corrected chi connectivity index (χ1v) is 9.20. The quantitative estimate of drug-likeness (QED) is 0.859. The lowest BCUT2D eigenvalue weighted by Crippen LogP contribution is -2.35. The van der Waals surface area contributed by atoms with Gasteiger partial charge in [0.2, 0.25) is 0 Å². The molecular formula is C17H24N4OS. The summed E-state index contributed by atoms with van der Waals surface area (Å²) in [7, 11) is 0. The van der Waals surface area contributed by atoms with E-state index in [1.807, 2.05) is 11.3 Å². The molecule has 0 aliphatic carbocycles. The summed E-state index contributed by atoms with van der Waals surface area (Å²) in [5, 5.41) is 0. The largest absolute Gasteiger partial charge is 0.379 e. The van der Waals surface area contributed by atoms with E-state index in [0.717, 1.165) is 59.0 Å². The van der Waals surface area contributed by atoms with Crippen LogP contribution in [0.3, 0.4) is 0 Å². The molecule has 0 saturated carbocycles. The highest BCUT2D eigenvalue weighted by atomic mass is 32.1. The zero-order chi connectivity index (χ0) is 15.6. The van der Waals surface area contributed by atoms with Gasteiger partial charge in [0, 0.05) is 55.2 Å². The van der Waals surface area contributed by atoms with Crippen LogP contribution in [0.15, 0.2) is 18.3 Å². The van der Waals surface area contributed by atoms with Crippen LogP contribution in [0.4, 0.5) is 0 Å². The number of nitrogens with zero attached hydrogens (tertiary/aromatic N) is 4. The van der Waals surface area contributed by atoms with Crippen molar-refractivity contribution in [3.63, 3.8) is 0 Å². The van der Waals surface area contributed by atoms with Gasteiger partial charge in [0.25, 0.3) is 0 Å². The third-order valence-electron chi connectivity index (χ3n) is 4.60. The van der Waals surface area contributed by atoms with Crippen LogP contribution in [0.1, 0.15) is 21.3 Å². The average molecular weight is 332 g/mol. The molecule has 5 nitrogen and oxygen atoms in total. The first kappa shape index (κ1) is 15.3. The lowest BCUT2D eigenvalue weighted by Gasteiger charge is -2.26. The monoisotopic (exact) mass is 332 g/mol. The van der Waals surface area contributed by atoms with Crippen molar-refractivity contribution in [3.8, 4) is 0 Å². The van der Waals surface area contributed by atoms with Crippen LogP contribution in [0.5, 0.6) is 0 Å². The van der Waals surface area contributed by atoms with Crippen LogP contribution in [-0.2, 0) is 30.9 Å². The summed E-state index contributed by atoms with van der Waals surface area (Å²) in [6.45, 7) is 11.0. The maximum absolute atomic E-state index is 5.42. The highest BCUT2D eigenvalue weighted by Crippen LogP contribution is 2.21. The molecule has 2 aliphatic heterocycles. The minimum absolute atomic E-state index is 0.849. The Morgan fingerprint density at radius 2 is 1.96 bits per heavy atom. The fourth-order valence-corrected chi connectivity index (χ4v) is 4.28. The van der Waals surface area contributed by atoms with Gasteiger partial charge in [-0.25, -0.2) is 4.98 Å². The van der Waals surface area contributed by atoms with Gasteiger partial charge >= 0.3 is 0 Å². The average Bonchev–Trinajstić information content (AvgIpc) is 3.13. The molecule has 124 valence electrons. The van der Waals surface area contributed by atoms with Gasteiger partial charge in [0.1, 0.15) is 5.82 Å². The molecule has 0 atom stereocenters. The highest BCUT2D eigenvalue weighted by molar-refractivity contribution is 7.11. The second kappa shape index (κ2) is 6.73. The maximum atomic E-state index is 5.42. The van der Waals surface area contributed by atoms with E-state index >= 15 is 0 Å². The van der Waals surface area contributed by atoms with Crippen molar-refractivity contribution in [2.24, 2.45) is 0 Å². The summed E-state index contributed by atoms with van der Waals surface area (Å²) in [5.41, 5.74) is 1.20. The zero-order valence-corrected chi connectivity index (χ0v) is 14.5. The fourth-order valence-electron chi connectivity index (χ4n) is 3.35. The van der Waals surface area contributed by atoms with Gasteiger partial charge in [-0.1, -0.05) is 0 Å². The van der Waals surface area contributed by atoms with Crippen molar-refractivity contribution >= 4 is 11.3 Å². The van der Waals surface area contributed by atoms with Crippen LogP contribution in [0, 0.1) is 6.92 Å². The van der Waals surface area contributed by atoms with Gasteiger partial charge in [-0.3, -0.25) is 9.80 Å². The first-order valence-electron chi connectivity index (χ1n) is 8.39. The molecule has 0 radical (unpaired) electrons. The van der Waals surface area contributed by atoms with E-state index in [-0.39, 0.29) is 0 Å². The minimum Gasteiger partial charge on any atom is -0.379 e. The molecule has 0 amide bonds. The Bertz CT molecular complexity index is 659. The Morgan fingerprint density at radius 3 is 2.74 bits per heavy atom. The Morgan fingerprint density at radius 1 is 1.09 bits per heavy atom. The van der Waals surface area contributed by atoms with Gasteiger partial charge in [-0.2, -0.15) is 0 Å². The summed E-state index contributed by atoms with van der Waals surface area (Å²) < 4.78 is 7.76. The third-order valence-corrected chi connectivity index (χ3v) is 5.58. The minimum atomic E-state index is 0.849. The smallest absolute Gasteiger partial charge is 0.123 e. The van der Waals surface area contributed by atoms with Gasteiger partial charge in [0.15, 0.2) is 0 Å². The number of thiophene rings is 1. The standard InChI is InChI=1S/C17H24N4OS/c1-14-2-3-16(23-14)12-20-4-5-21-11-15(18-17(21)13-20)10-19-6-8-22-9-7-19/h2-3,11H,4-10,12-13H2,1H3. The predicted molar refractivity (Wildman–Crippen MR) is 91.5 cm³/mol. The predicted octanol–water partition coefficient (Wildman–Crippen LogP) is 2.10. The number of aromatic nitrogens is 2. The number of hydrogen-bond donors (Lipinski definition) is 0. The van der Waals surface area contributed by atoms with Crippen molar-refractivity contribution < 1.29 is 4.74 Å². The molecule has 2 aromatic heterocycles. The molecule has 2 aliphatic rings. The van der Waals surface area contributed by atoms with Gasteiger partial charge in [-0.05, 0) is 19.1 Å². The number of rotatable bonds is 4. The van der Waals surface area contributed by atoms with Crippen molar-refractivity contribution in [3.05, 3.63) is 39.6 Å². The molecular weight excluding hydrogens is 308 g/mol. The summed E-state index contributed by atoms with van der Waals surface area (Å²) >= 11 is 1.90. The van der Waals surface area contributed by atoms with Crippen molar-refractivity contribution in [1.29, 1.82) is 0 Å². The highest BCUT2D eigenvalue weighted by Gasteiger charge is 2.20. The first-order chi connectivity index (χ1) is 11.3. The molecule has 6 heteroatoms. The van der Waals surface area contributed by atoms with Crippen molar-refractivity contribution in [1.82, 2.24) is 19.4 Å². The molecule has 0 unspecified atom stereocenters. The summed E-state index contributed by atoms with van der Waals surface area (Å²) in [6, 6.07) is 4.47. The van der Waals surface area contributed by atoms with Crippen LogP contribution in [0.25, 0.3) is 0 Å². The molecule has 4 rings (SSSR count). The molecule has 0 bridgehead atoms. The molecule has 4 heterocycles. The van der Waals surface area contributed by atoms with E-state index in [1.165, 1.54) is 21.3 Å². The van der Waals surface area contributed by atoms with Crippen molar-refractivity contribution in [2.75, 3.05) is 32.8 Å². The van der Waals surface area contributed by atoms with E-state index in [9.17, 15) is 0 Å². The number of ether oxygens (including phenoxy) is 1. The van der Waals surface area contributed by atoms with Crippen LogP contribution >= 0.6 is 11.3 Å². The SMILES string of the molecule is Cc1ccc(CN2CCn3cc(CN4CCOCC4)nc3C2)s1. The molecule has 0 spiro atoms. The normalized spacial score (nSPS) is 19.9. The van der Waals surface area contributed by atoms with E-state index in [0.29, 0.717) is 0 Å². The lowest BCUT2D eigenvalue weighted by molar-refractivity contribution is 0.0337. The Balaban J connectivity index is 1.39. The third kappa shape index (κ3) is 3.66. The van der Waals surface area contributed by atoms with E-state index in [4.69, 9.17) is 9.72 Å². The fraction of sp³-hybridized carbons (Fsp3) is 0.588. The van der Waals surface area contributed by atoms with Gasteiger partial charge in [0.05, 0.1) is 25.5 Å². The summed E-state index contributed by atoms with van der Waals surface area (Å²) in [6.07, 6.45) is 2.25. The van der Waals surface area contributed by atoms with Crippen LogP contribution in [-0.4, -0.2) is 52.2 Å². The number of fused-ring (bicyclic) bond motifs is 1. The van der Waals surface area contributed by atoms with Gasteiger partial charge < -0.3 is 9.30 Å². The van der Waals surface area contributed by atoms with Crippen LogP contribution in [0.2, 0.25) is 0 Å². The second-order valence-corrected chi connectivity index (χ2v) is 7.83. The second-order valence-electron chi connectivity index (χ2n) is 6.45. The molecule has 2 aromatic rings. The number of morpholine rings is 1. The van der Waals surface area contributed by atoms with Crippen LogP contribution < -0.4 is 0 Å². The van der Waals surface area contributed by atoms with E-state index < -0.39 is 0 Å². The number of imidazole rings is 1. The Hall–Kier alpha value is -1.21. The zero-order valence-electron chi connectivity index (χ0n) is 13.7. The summed E-state index contributed by atoms with van der Waals surface area (Å²) in [5.74, 6) is 1.22. The molecule has 0 N–H and O–H groups in total. The van der Waals surface area contributed by atoms with Crippen molar-refractivity contribution in [2.45, 2.75) is 33.1 Å². The maximum Gasteiger partial charge on any atom is 0.123 e. The molecule has 1 fully saturated rings. The Kier molecular flexibility index (Phi) is 4.48. The van der Waals surface area contributed by atoms with E-state index in [2.05, 4.69) is 39.6 Å². The van der Waals surface area contributed by atoms with Gasteiger partial charge in [-0.15, -0.1) is 11.3 Å². The number of aryl methyl sites for hydroxylation is 1. The molecule has 0 aromatic carbocycles.